The van der Waals surface area contributed by atoms with Crippen LogP contribution in [-0.2, 0) is 16.1 Å². The van der Waals surface area contributed by atoms with Gasteiger partial charge in [-0.1, -0.05) is 6.07 Å². The summed E-state index contributed by atoms with van der Waals surface area (Å²) in [6.07, 6.45) is 4.17. The number of carbonyl (C=O) groups excluding carboxylic acids is 1. The first-order valence-electron chi connectivity index (χ1n) is 9.52. The van der Waals surface area contributed by atoms with Crippen LogP contribution in [0, 0.1) is 5.92 Å². The normalized spacial score (nSPS) is 20.7. The number of methoxy groups -OCH3 is 2. The van der Waals surface area contributed by atoms with E-state index >= 15 is 0 Å². The first-order valence-corrected chi connectivity index (χ1v) is 9.52. The van der Waals surface area contributed by atoms with E-state index in [9.17, 15) is 4.79 Å². The summed E-state index contributed by atoms with van der Waals surface area (Å²) < 4.78 is 16.3. The van der Waals surface area contributed by atoms with Crippen LogP contribution in [0.5, 0.6) is 11.5 Å². The Balaban J connectivity index is 0.00000261. The van der Waals surface area contributed by atoms with Crippen LogP contribution in [0.25, 0.3) is 0 Å². The predicted octanol–water partition coefficient (Wildman–Crippen LogP) is 2.63. The fourth-order valence-electron chi connectivity index (χ4n) is 3.74. The molecule has 2 aliphatic heterocycles. The molecule has 2 fully saturated rings. The first-order chi connectivity index (χ1) is 12.7. The molecule has 0 radical (unpaired) electrons. The van der Waals surface area contributed by atoms with Gasteiger partial charge in [-0.15, -0.1) is 12.4 Å². The maximum atomic E-state index is 12.4. The number of nitrogens with zero attached hydrogens (tertiary/aromatic N) is 1. The van der Waals surface area contributed by atoms with Crippen LogP contribution >= 0.6 is 12.4 Å². The maximum absolute atomic E-state index is 12.4. The standard InChI is InChI=1S/C20H30N2O4.ClH/c1-24-17-6-5-16(19(12-17)25-2)14-22-9-7-15(8-10-22)20(23)21-13-18-4-3-11-26-18;/h5-6,12,15,18H,3-4,7-11,13-14H2,1-2H3,(H,21,23);1H. The fraction of sp³-hybridized carbons (Fsp3) is 0.650. The highest BCUT2D eigenvalue weighted by molar-refractivity contribution is 5.85. The van der Waals surface area contributed by atoms with Gasteiger partial charge >= 0.3 is 0 Å². The summed E-state index contributed by atoms with van der Waals surface area (Å²) >= 11 is 0. The number of nitrogens with one attached hydrogen (secondary N) is 1. The molecular weight excluding hydrogens is 368 g/mol. The lowest BCUT2D eigenvalue weighted by Gasteiger charge is -2.31. The molecule has 1 aromatic carbocycles. The summed E-state index contributed by atoms with van der Waals surface area (Å²) in [7, 11) is 3.34. The molecule has 2 saturated heterocycles. The van der Waals surface area contributed by atoms with Gasteiger partial charge in [0.1, 0.15) is 11.5 Å². The number of likely N-dealkylation sites (tertiary alicyclic amines) is 1. The minimum absolute atomic E-state index is 0. The molecule has 6 nitrogen and oxygen atoms in total. The van der Waals surface area contributed by atoms with E-state index in [-0.39, 0.29) is 30.3 Å². The van der Waals surface area contributed by atoms with Crippen LogP contribution in [0.15, 0.2) is 18.2 Å². The number of piperidine rings is 1. The van der Waals surface area contributed by atoms with Gasteiger partial charge in [0, 0.05) is 37.2 Å². The molecule has 0 aliphatic carbocycles. The second-order valence-electron chi connectivity index (χ2n) is 7.11. The Morgan fingerprint density at radius 3 is 2.63 bits per heavy atom. The van der Waals surface area contributed by atoms with Crippen LogP contribution in [0.2, 0.25) is 0 Å². The van der Waals surface area contributed by atoms with Crippen molar-refractivity contribution in [1.82, 2.24) is 10.2 Å². The van der Waals surface area contributed by atoms with E-state index in [4.69, 9.17) is 14.2 Å². The lowest BCUT2D eigenvalue weighted by molar-refractivity contribution is -0.127. The molecule has 1 atom stereocenters. The second kappa shape index (κ2) is 10.7. The third-order valence-corrected chi connectivity index (χ3v) is 5.37. The lowest BCUT2D eigenvalue weighted by Crippen LogP contribution is -2.42. The highest BCUT2D eigenvalue weighted by Gasteiger charge is 2.26. The molecule has 27 heavy (non-hydrogen) atoms. The average Bonchev–Trinajstić information content (AvgIpc) is 3.20. The molecule has 3 rings (SSSR count). The van der Waals surface area contributed by atoms with Crippen molar-refractivity contribution in [3.8, 4) is 11.5 Å². The zero-order valence-electron chi connectivity index (χ0n) is 16.2. The Bertz CT molecular complexity index is 600. The number of amides is 1. The SMILES string of the molecule is COc1ccc(CN2CCC(C(=O)NCC3CCCO3)CC2)c(OC)c1.Cl. The van der Waals surface area contributed by atoms with E-state index in [2.05, 4.69) is 16.3 Å². The molecule has 2 heterocycles. The maximum Gasteiger partial charge on any atom is 0.223 e. The minimum atomic E-state index is 0. The largest absolute Gasteiger partial charge is 0.497 e. The van der Waals surface area contributed by atoms with Gasteiger partial charge < -0.3 is 19.5 Å². The Kier molecular flexibility index (Phi) is 8.67. The number of carbonyl (C=O) groups is 1. The summed E-state index contributed by atoms with van der Waals surface area (Å²) in [4.78, 5) is 14.8. The van der Waals surface area contributed by atoms with Crippen molar-refractivity contribution in [3.63, 3.8) is 0 Å². The molecular formula is C20H31ClN2O4. The molecule has 0 bridgehead atoms. The number of hydrogen-bond donors (Lipinski definition) is 1. The van der Waals surface area contributed by atoms with Crippen LogP contribution in [0.3, 0.4) is 0 Å². The lowest BCUT2D eigenvalue weighted by atomic mass is 9.95. The minimum Gasteiger partial charge on any atom is -0.497 e. The topological polar surface area (TPSA) is 60.0 Å². The number of rotatable bonds is 7. The molecule has 1 amide bonds. The summed E-state index contributed by atoms with van der Waals surface area (Å²) in [5, 5.41) is 3.07. The zero-order valence-corrected chi connectivity index (χ0v) is 17.1. The van der Waals surface area contributed by atoms with Gasteiger partial charge in [-0.2, -0.15) is 0 Å². The molecule has 1 N–H and O–H groups in total. The van der Waals surface area contributed by atoms with E-state index in [1.165, 1.54) is 0 Å². The molecule has 1 unspecified atom stereocenters. The van der Waals surface area contributed by atoms with Crippen LogP contribution in [0.4, 0.5) is 0 Å². The molecule has 0 saturated carbocycles. The summed E-state index contributed by atoms with van der Waals surface area (Å²) in [5.41, 5.74) is 1.15. The highest BCUT2D eigenvalue weighted by atomic mass is 35.5. The monoisotopic (exact) mass is 398 g/mol. The third-order valence-electron chi connectivity index (χ3n) is 5.37. The smallest absolute Gasteiger partial charge is 0.223 e. The van der Waals surface area contributed by atoms with Crippen LogP contribution < -0.4 is 14.8 Å². The number of ether oxygens (including phenoxy) is 3. The summed E-state index contributed by atoms with van der Waals surface area (Å²) in [5.74, 6) is 1.94. The van der Waals surface area contributed by atoms with Crippen molar-refractivity contribution in [2.75, 3.05) is 40.5 Å². The predicted molar refractivity (Wildman–Crippen MR) is 107 cm³/mol. The molecule has 7 heteroatoms. The van der Waals surface area contributed by atoms with Crippen LogP contribution in [-0.4, -0.2) is 57.4 Å². The average molecular weight is 399 g/mol. The number of benzene rings is 1. The number of halogens is 1. The van der Waals surface area contributed by atoms with Crippen LogP contribution in [0.1, 0.15) is 31.2 Å². The molecule has 0 spiro atoms. The first kappa shape index (κ1) is 21.8. The van der Waals surface area contributed by atoms with E-state index in [0.29, 0.717) is 6.54 Å². The van der Waals surface area contributed by atoms with Gasteiger partial charge in [-0.3, -0.25) is 9.69 Å². The quantitative estimate of drug-likeness (QED) is 0.765. The Morgan fingerprint density at radius 2 is 2.00 bits per heavy atom. The van der Waals surface area contributed by atoms with Crippen molar-refractivity contribution in [3.05, 3.63) is 23.8 Å². The van der Waals surface area contributed by atoms with Gasteiger partial charge in [0.25, 0.3) is 0 Å². The Morgan fingerprint density at radius 1 is 1.22 bits per heavy atom. The molecule has 152 valence electrons. The number of hydrogen-bond acceptors (Lipinski definition) is 5. The van der Waals surface area contributed by atoms with E-state index in [1.807, 2.05) is 12.1 Å². The second-order valence-corrected chi connectivity index (χ2v) is 7.11. The molecule has 2 aliphatic rings. The third kappa shape index (κ3) is 5.99. The van der Waals surface area contributed by atoms with Crippen molar-refractivity contribution in [2.45, 2.75) is 38.3 Å². The summed E-state index contributed by atoms with van der Waals surface area (Å²) in [6, 6.07) is 5.93. The van der Waals surface area contributed by atoms with Crippen molar-refractivity contribution in [2.24, 2.45) is 5.92 Å². The van der Waals surface area contributed by atoms with Gasteiger partial charge in [-0.05, 0) is 44.8 Å². The van der Waals surface area contributed by atoms with Crippen molar-refractivity contribution >= 4 is 18.3 Å². The van der Waals surface area contributed by atoms with E-state index < -0.39 is 0 Å². The highest BCUT2D eigenvalue weighted by Crippen LogP contribution is 2.27. The Hall–Kier alpha value is -1.50. The molecule has 1 aromatic rings. The summed E-state index contributed by atoms with van der Waals surface area (Å²) in [6.45, 7) is 4.16. The fourth-order valence-corrected chi connectivity index (χ4v) is 3.74. The zero-order chi connectivity index (χ0) is 18.4. The molecule has 0 aromatic heterocycles. The van der Waals surface area contributed by atoms with Gasteiger partial charge in [0.15, 0.2) is 0 Å². The van der Waals surface area contributed by atoms with Gasteiger partial charge in [-0.25, -0.2) is 0 Å². The van der Waals surface area contributed by atoms with Gasteiger partial charge in [0.05, 0.1) is 20.3 Å². The Labute approximate surface area is 167 Å². The van der Waals surface area contributed by atoms with Crippen molar-refractivity contribution < 1.29 is 19.0 Å². The van der Waals surface area contributed by atoms with Crippen molar-refractivity contribution in [1.29, 1.82) is 0 Å². The van der Waals surface area contributed by atoms with Gasteiger partial charge in [0.2, 0.25) is 5.91 Å². The van der Waals surface area contributed by atoms with E-state index in [0.717, 1.165) is 69.0 Å². The van der Waals surface area contributed by atoms with E-state index in [1.54, 1.807) is 14.2 Å².